The van der Waals surface area contributed by atoms with Crippen molar-refractivity contribution in [3.8, 4) is 0 Å². The minimum atomic E-state index is -1.00. The van der Waals surface area contributed by atoms with E-state index in [1.165, 1.54) is 17.7 Å². The lowest BCUT2D eigenvalue weighted by molar-refractivity contribution is -0.166. The van der Waals surface area contributed by atoms with Gasteiger partial charge in [-0.1, -0.05) is 48.1 Å². The number of aliphatic carboxylic acids is 1. The first kappa shape index (κ1) is 25.1. The molecule has 1 aliphatic carbocycles. The zero-order valence-corrected chi connectivity index (χ0v) is 19.7. The lowest BCUT2D eigenvalue weighted by Crippen LogP contribution is -2.55. The van der Waals surface area contributed by atoms with Gasteiger partial charge in [-0.05, 0) is 40.0 Å². The molecule has 3 fully saturated rings. The lowest BCUT2D eigenvalue weighted by Gasteiger charge is -2.42. The van der Waals surface area contributed by atoms with Gasteiger partial charge in [0.15, 0.2) is 0 Å². The Morgan fingerprint density at radius 1 is 1.09 bits per heavy atom. The molecule has 6 atom stereocenters. The Hall–Kier alpha value is -2.48. The second kappa shape index (κ2) is 10.6. The summed E-state index contributed by atoms with van der Waals surface area (Å²) in [5.74, 6) is -1.45. The van der Waals surface area contributed by atoms with Crippen molar-refractivity contribution in [2.24, 2.45) is 5.92 Å². The molecular weight excluding hydrogens is 424 g/mol. The average Bonchev–Trinajstić information content (AvgIpc) is 3.67. The number of allylic oxidation sites excluding steroid dienone is 7. The van der Waals surface area contributed by atoms with Crippen molar-refractivity contribution in [3.05, 3.63) is 60.3 Å². The molecule has 0 aromatic rings. The number of esters is 1. The molecule has 7 heteroatoms. The summed E-state index contributed by atoms with van der Waals surface area (Å²) in [7, 11) is 1.65. The fourth-order valence-corrected chi connectivity index (χ4v) is 4.79. The van der Waals surface area contributed by atoms with Gasteiger partial charge in [0.05, 0.1) is 18.6 Å². The molecule has 1 spiro atoms. The molecule has 0 bridgehead atoms. The van der Waals surface area contributed by atoms with E-state index >= 15 is 0 Å². The zero-order chi connectivity index (χ0) is 24.1. The molecule has 33 heavy (non-hydrogen) atoms. The minimum absolute atomic E-state index is 0.00928. The second-order valence-corrected chi connectivity index (χ2v) is 9.18. The van der Waals surface area contributed by atoms with E-state index in [-0.39, 0.29) is 35.4 Å². The normalized spacial score (nSPS) is 35.6. The third-order valence-corrected chi connectivity index (χ3v) is 6.53. The predicted octanol–water partition coefficient (Wildman–Crippen LogP) is 3.92. The van der Waals surface area contributed by atoms with E-state index in [1.54, 1.807) is 37.5 Å². The van der Waals surface area contributed by atoms with Gasteiger partial charge in [-0.15, -0.1) is 0 Å². The van der Waals surface area contributed by atoms with Gasteiger partial charge in [-0.3, -0.25) is 0 Å². The summed E-state index contributed by atoms with van der Waals surface area (Å²) in [6.07, 6.45) is 16.0. The van der Waals surface area contributed by atoms with E-state index in [2.05, 4.69) is 26.8 Å². The fraction of sp³-hybridized carbons (Fsp3) is 0.538. The molecule has 3 rings (SSSR count). The van der Waals surface area contributed by atoms with Crippen molar-refractivity contribution in [1.29, 1.82) is 0 Å². The second-order valence-electron chi connectivity index (χ2n) is 9.18. The van der Waals surface area contributed by atoms with E-state index in [4.69, 9.17) is 24.1 Å². The van der Waals surface area contributed by atoms with Gasteiger partial charge in [0.25, 0.3) is 0 Å². The monoisotopic (exact) mass is 458 g/mol. The summed E-state index contributed by atoms with van der Waals surface area (Å²) in [5, 5.41) is 8.51. The van der Waals surface area contributed by atoms with Crippen molar-refractivity contribution in [1.82, 2.24) is 0 Å². The van der Waals surface area contributed by atoms with Gasteiger partial charge >= 0.3 is 11.9 Å². The van der Waals surface area contributed by atoms with E-state index in [1.807, 2.05) is 0 Å². The lowest BCUT2D eigenvalue weighted by atomic mass is 9.68. The van der Waals surface area contributed by atoms with Crippen LogP contribution < -0.4 is 0 Å². The van der Waals surface area contributed by atoms with Gasteiger partial charge in [-0.2, -0.15) is 0 Å². The smallest absolute Gasteiger partial charge is 0.331 e. The molecular formula is C26H34O7. The van der Waals surface area contributed by atoms with Gasteiger partial charge in [0.2, 0.25) is 0 Å². The molecule has 1 saturated carbocycles. The summed E-state index contributed by atoms with van der Waals surface area (Å²) in [5.41, 5.74) is 0.642. The van der Waals surface area contributed by atoms with Gasteiger partial charge < -0.3 is 24.1 Å². The van der Waals surface area contributed by atoms with Crippen LogP contribution >= 0.6 is 0 Å². The van der Waals surface area contributed by atoms with Gasteiger partial charge in [0.1, 0.15) is 23.4 Å². The maximum atomic E-state index is 12.4. The highest BCUT2D eigenvalue weighted by molar-refractivity contribution is 5.82. The predicted molar refractivity (Wildman–Crippen MR) is 124 cm³/mol. The highest BCUT2D eigenvalue weighted by Gasteiger charge is 2.72. The quantitative estimate of drug-likeness (QED) is 0.174. The summed E-state index contributed by atoms with van der Waals surface area (Å²) >= 11 is 0. The number of carboxylic acid groups (broad SMARTS) is 1. The molecule has 7 nitrogen and oxygen atoms in total. The van der Waals surface area contributed by atoms with E-state index < -0.39 is 11.9 Å². The molecule has 0 amide bonds. The Bertz CT molecular complexity index is 873. The summed E-state index contributed by atoms with van der Waals surface area (Å²) in [6.45, 7) is 6.96. The highest BCUT2D eigenvalue weighted by atomic mass is 16.6. The Labute approximate surface area is 195 Å². The van der Waals surface area contributed by atoms with Crippen molar-refractivity contribution in [3.63, 3.8) is 0 Å². The van der Waals surface area contributed by atoms with E-state index in [9.17, 15) is 9.59 Å². The number of methoxy groups -OCH3 is 1. The van der Waals surface area contributed by atoms with Crippen LogP contribution in [-0.4, -0.2) is 60.3 Å². The average molecular weight is 459 g/mol. The third kappa shape index (κ3) is 6.31. The van der Waals surface area contributed by atoms with Crippen LogP contribution in [0, 0.1) is 5.92 Å². The highest BCUT2D eigenvalue weighted by Crippen LogP contribution is 2.59. The minimum Gasteiger partial charge on any atom is -0.478 e. The summed E-state index contributed by atoms with van der Waals surface area (Å²) < 4.78 is 23.8. The number of carbonyl (C=O) groups excluding carboxylic acids is 1. The van der Waals surface area contributed by atoms with E-state index in [0.29, 0.717) is 13.0 Å². The molecule has 2 saturated heterocycles. The van der Waals surface area contributed by atoms with Crippen LogP contribution in [0.1, 0.15) is 40.0 Å². The molecule has 3 aliphatic rings. The zero-order valence-electron chi connectivity index (χ0n) is 19.7. The van der Waals surface area contributed by atoms with Crippen LogP contribution in [0.25, 0.3) is 0 Å². The Balaban J connectivity index is 1.59. The SMILES string of the molecule is CO[C@H]1[C@H](C2(C)OC2CC=C(C)C)[C@]2(CC[C@H]1OC(=O)\C=C/C=C\C=C/C=C\C(=O)O)CO2. The van der Waals surface area contributed by atoms with Crippen molar-refractivity contribution >= 4 is 11.9 Å². The number of ether oxygens (including phenoxy) is 4. The number of hydrogen-bond acceptors (Lipinski definition) is 6. The number of rotatable bonds is 10. The number of hydrogen-bond donors (Lipinski definition) is 1. The molecule has 2 aliphatic heterocycles. The molecule has 2 heterocycles. The van der Waals surface area contributed by atoms with E-state index in [0.717, 1.165) is 18.9 Å². The van der Waals surface area contributed by atoms with Crippen LogP contribution in [0.2, 0.25) is 0 Å². The van der Waals surface area contributed by atoms with Crippen LogP contribution in [0.4, 0.5) is 0 Å². The van der Waals surface area contributed by atoms with Crippen LogP contribution in [0.15, 0.2) is 60.3 Å². The number of epoxide rings is 2. The van der Waals surface area contributed by atoms with Crippen molar-refractivity contribution < 1.29 is 33.6 Å². The Kier molecular flexibility index (Phi) is 8.10. The first-order valence-corrected chi connectivity index (χ1v) is 11.3. The van der Waals surface area contributed by atoms with Crippen molar-refractivity contribution in [2.75, 3.05) is 13.7 Å². The van der Waals surface area contributed by atoms with Gasteiger partial charge in [-0.25, -0.2) is 9.59 Å². The largest absolute Gasteiger partial charge is 0.478 e. The number of carbonyl (C=O) groups is 2. The summed E-state index contributed by atoms with van der Waals surface area (Å²) in [6, 6.07) is 0. The first-order valence-electron chi connectivity index (χ1n) is 11.3. The van der Waals surface area contributed by atoms with Crippen LogP contribution in [0.5, 0.6) is 0 Å². The molecule has 180 valence electrons. The molecule has 0 radical (unpaired) electrons. The fourth-order valence-electron chi connectivity index (χ4n) is 4.79. The van der Waals surface area contributed by atoms with Crippen molar-refractivity contribution in [2.45, 2.75) is 69.5 Å². The summed E-state index contributed by atoms with van der Waals surface area (Å²) in [4.78, 5) is 22.8. The van der Waals surface area contributed by atoms with Gasteiger partial charge in [0, 0.05) is 19.3 Å². The maximum Gasteiger partial charge on any atom is 0.331 e. The molecule has 0 aromatic heterocycles. The third-order valence-electron chi connectivity index (χ3n) is 6.53. The molecule has 2 unspecified atom stereocenters. The van der Waals surface area contributed by atoms with Crippen LogP contribution in [0.3, 0.4) is 0 Å². The maximum absolute atomic E-state index is 12.4. The number of carboxylic acids is 1. The Morgan fingerprint density at radius 2 is 1.73 bits per heavy atom. The molecule has 0 aromatic carbocycles. The topological polar surface area (TPSA) is 97.9 Å². The Morgan fingerprint density at radius 3 is 2.30 bits per heavy atom. The van der Waals surface area contributed by atoms with Crippen LogP contribution in [-0.2, 0) is 28.5 Å². The molecule has 1 N–H and O–H groups in total. The standard InChI is InChI=1S/C26H34O7/c1-18(2)13-14-20-25(3,33-20)24-23(30-4)19(15-16-26(24)17-31-26)32-22(29)12-10-8-6-5-7-9-11-21(27)28/h5-13,19-20,23-24H,14-17H2,1-4H3,(H,27,28)/b7-5-,8-6-,11-9-,12-10-/t19-,20?,23-,24-,25?,26+/m1/s1. The first-order chi connectivity index (χ1) is 15.7.